The van der Waals surface area contributed by atoms with E-state index < -0.39 is 0 Å². The van der Waals surface area contributed by atoms with Crippen LogP contribution in [0, 0.1) is 0 Å². The molecule has 0 heterocycles. The van der Waals surface area contributed by atoms with E-state index in [4.69, 9.17) is 0 Å². The van der Waals surface area contributed by atoms with Crippen LogP contribution in [0.2, 0.25) is 0 Å². The average molecular weight is 220 g/mol. The number of nitrogens with one attached hydrogen (secondary N) is 1. The predicted octanol–water partition coefficient (Wildman–Crippen LogP) is 3.08. The van der Waals surface area contributed by atoms with Crippen LogP contribution in [-0.2, 0) is 6.42 Å². The Morgan fingerprint density at radius 1 is 1.13 bits per heavy atom. The van der Waals surface area contributed by atoms with E-state index in [0.717, 1.165) is 6.42 Å². The first-order valence-electron chi connectivity index (χ1n) is 5.08. The summed E-state index contributed by atoms with van der Waals surface area (Å²) in [6, 6.07) is 13.7. The van der Waals surface area contributed by atoms with Crippen molar-refractivity contribution in [3.8, 4) is 0 Å². The lowest BCUT2D eigenvalue weighted by Gasteiger charge is -2.09. The van der Waals surface area contributed by atoms with Gasteiger partial charge in [-0.1, -0.05) is 36.4 Å². The molecule has 0 amide bonds. The van der Waals surface area contributed by atoms with Gasteiger partial charge in [0.2, 0.25) is 0 Å². The Hall–Kier alpha value is -1.05. The summed E-state index contributed by atoms with van der Waals surface area (Å²) in [5.74, 6) is 0. The molecule has 0 fully saturated rings. The van der Waals surface area contributed by atoms with Crippen molar-refractivity contribution < 1.29 is 0 Å². The Kier molecular flexibility index (Phi) is 2.68. The maximum atomic E-state index is 3.37. The van der Waals surface area contributed by atoms with Gasteiger partial charge in [0.1, 0.15) is 0 Å². The van der Waals surface area contributed by atoms with E-state index in [1.54, 1.807) is 0 Å². The molecule has 0 bridgehead atoms. The molecule has 1 N–H and O–H groups in total. The molecule has 0 aromatic heterocycles. The second kappa shape index (κ2) is 3.84. The van der Waals surface area contributed by atoms with Gasteiger partial charge in [-0.25, -0.2) is 0 Å². The summed E-state index contributed by atoms with van der Waals surface area (Å²) in [6.45, 7) is 0. The fourth-order valence-electron chi connectivity index (χ4n) is 2.50. The maximum absolute atomic E-state index is 3.37. The molecular formula is C13H14ClN. The molecular weight excluding hydrogens is 206 g/mol. The van der Waals surface area contributed by atoms with Crippen molar-refractivity contribution in [2.75, 3.05) is 7.05 Å². The van der Waals surface area contributed by atoms with Crippen LogP contribution >= 0.6 is 12.4 Å². The first kappa shape index (κ1) is 10.5. The molecule has 2 aromatic carbocycles. The first-order chi connectivity index (χ1) is 6.90. The molecule has 0 saturated heterocycles. The van der Waals surface area contributed by atoms with Crippen molar-refractivity contribution >= 4 is 23.2 Å². The second-order valence-corrected chi connectivity index (χ2v) is 3.91. The van der Waals surface area contributed by atoms with E-state index in [1.807, 2.05) is 7.05 Å². The van der Waals surface area contributed by atoms with E-state index in [1.165, 1.54) is 21.9 Å². The Balaban J connectivity index is 0.000000853. The number of rotatable bonds is 1. The van der Waals surface area contributed by atoms with Crippen LogP contribution in [0.5, 0.6) is 0 Å². The van der Waals surface area contributed by atoms with Crippen molar-refractivity contribution in [1.82, 2.24) is 5.32 Å². The fraction of sp³-hybridized carbons (Fsp3) is 0.231. The highest BCUT2D eigenvalue weighted by Crippen LogP contribution is 2.36. The van der Waals surface area contributed by atoms with Crippen LogP contribution in [-0.4, -0.2) is 7.05 Å². The normalized spacial score (nSPS) is 17.8. The molecule has 1 aliphatic rings. The highest BCUT2D eigenvalue weighted by molar-refractivity contribution is 5.91. The molecule has 15 heavy (non-hydrogen) atoms. The van der Waals surface area contributed by atoms with E-state index in [2.05, 4.69) is 41.7 Å². The maximum Gasteiger partial charge on any atom is 0.0364 e. The first-order valence-corrected chi connectivity index (χ1v) is 5.08. The van der Waals surface area contributed by atoms with Crippen LogP contribution in [0.4, 0.5) is 0 Å². The minimum atomic E-state index is 0. The molecule has 0 saturated carbocycles. The molecule has 1 unspecified atom stereocenters. The summed E-state index contributed by atoms with van der Waals surface area (Å²) >= 11 is 0. The lowest BCUT2D eigenvalue weighted by atomic mass is 10.0. The summed E-state index contributed by atoms with van der Waals surface area (Å²) in [4.78, 5) is 0. The highest BCUT2D eigenvalue weighted by atomic mass is 35.5. The summed E-state index contributed by atoms with van der Waals surface area (Å²) in [6.07, 6.45) is 1.13. The second-order valence-electron chi connectivity index (χ2n) is 3.91. The number of hydrogen-bond acceptors (Lipinski definition) is 1. The fourth-order valence-corrected chi connectivity index (χ4v) is 2.50. The van der Waals surface area contributed by atoms with Crippen LogP contribution in [0.3, 0.4) is 0 Å². The van der Waals surface area contributed by atoms with Crippen LogP contribution in [0.1, 0.15) is 17.2 Å². The Labute approximate surface area is 95.9 Å². The molecule has 2 aromatic rings. The van der Waals surface area contributed by atoms with Crippen LogP contribution in [0.15, 0.2) is 36.4 Å². The highest BCUT2D eigenvalue weighted by Gasteiger charge is 2.21. The van der Waals surface area contributed by atoms with Gasteiger partial charge in [0, 0.05) is 6.04 Å². The molecule has 2 heteroatoms. The van der Waals surface area contributed by atoms with Crippen molar-refractivity contribution in [3.63, 3.8) is 0 Å². The van der Waals surface area contributed by atoms with Gasteiger partial charge in [0.25, 0.3) is 0 Å². The van der Waals surface area contributed by atoms with Crippen LogP contribution < -0.4 is 5.32 Å². The third kappa shape index (κ3) is 1.43. The number of halogens is 1. The minimum Gasteiger partial charge on any atom is -0.313 e. The lowest BCUT2D eigenvalue weighted by Crippen LogP contribution is -2.14. The van der Waals surface area contributed by atoms with Gasteiger partial charge in [-0.3, -0.25) is 0 Å². The zero-order valence-corrected chi connectivity index (χ0v) is 9.47. The summed E-state index contributed by atoms with van der Waals surface area (Å²) in [7, 11) is 2.04. The largest absolute Gasteiger partial charge is 0.313 e. The Morgan fingerprint density at radius 3 is 2.60 bits per heavy atom. The molecule has 1 atom stereocenters. The SMILES string of the molecule is CNC1Cc2cccc3cccc1c23.Cl. The van der Waals surface area contributed by atoms with Crippen LogP contribution in [0.25, 0.3) is 10.8 Å². The van der Waals surface area contributed by atoms with Gasteiger partial charge in [0.05, 0.1) is 0 Å². The Bertz CT molecular complexity index is 488. The molecule has 1 aliphatic carbocycles. The lowest BCUT2D eigenvalue weighted by molar-refractivity contribution is 0.614. The summed E-state index contributed by atoms with van der Waals surface area (Å²) < 4.78 is 0. The molecule has 0 radical (unpaired) electrons. The third-order valence-electron chi connectivity index (χ3n) is 3.17. The van der Waals surface area contributed by atoms with Gasteiger partial charge >= 0.3 is 0 Å². The van der Waals surface area contributed by atoms with Crippen molar-refractivity contribution in [3.05, 3.63) is 47.5 Å². The topological polar surface area (TPSA) is 12.0 Å². The average Bonchev–Trinajstić information content (AvgIpc) is 2.60. The zero-order chi connectivity index (χ0) is 9.54. The van der Waals surface area contributed by atoms with Gasteiger partial charge < -0.3 is 5.32 Å². The number of benzene rings is 2. The monoisotopic (exact) mass is 219 g/mol. The standard InChI is InChI=1S/C13H13N.ClH/c1-14-12-8-10-6-2-4-9-5-3-7-11(12)13(9)10;/h2-7,12,14H,8H2,1H3;1H. The van der Waals surface area contributed by atoms with Crippen molar-refractivity contribution in [2.45, 2.75) is 12.5 Å². The smallest absolute Gasteiger partial charge is 0.0364 e. The van der Waals surface area contributed by atoms with E-state index in [-0.39, 0.29) is 12.4 Å². The van der Waals surface area contributed by atoms with Gasteiger partial charge in [-0.15, -0.1) is 12.4 Å². The molecule has 78 valence electrons. The molecule has 0 aliphatic heterocycles. The predicted molar refractivity (Wildman–Crippen MR) is 66.7 cm³/mol. The van der Waals surface area contributed by atoms with Crippen molar-refractivity contribution in [2.24, 2.45) is 0 Å². The number of likely N-dealkylation sites (N-methyl/N-ethyl adjacent to an activating group) is 1. The van der Waals surface area contributed by atoms with E-state index in [0.29, 0.717) is 6.04 Å². The summed E-state index contributed by atoms with van der Waals surface area (Å²) in [5.41, 5.74) is 2.94. The molecule has 0 spiro atoms. The minimum absolute atomic E-state index is 0. The third-order valence-corrected chi connectivity index (χ3v) is 3.17. The zero-order valence-electron chi connectivity index (χ0n) is 8.66. The van der Waals surface area contributed by atoms with Gasteiger partial charge in [0.15, 0.2) is 0 Å². The molecule has 3 rings (SSSR count). The van der Waals surface area contributed by atoms with E-state index in [9.17, 15) is 0 Å². The van der Waals surface area contributed by atoms with E-state index >= 15 is 0 Å². The quantitative estimate of drug-likeness (QED) is 0.778. The van der Waals surface area contributed by atoms with Crippen molar-refractivity contribution in [1.29, 1.82) is 0 Å². The summed E-state index contributed by atoms with van der Waals surface area (Å²) in [5, 5.41) is 6.21. The molecule has 1 nitrogen and oxygen atoms in total. The van der Waals surface area contributed by atoms with Gasteiger partial charge in [-0.05, 0) is 35.4 Å². The Morgan fingerprint density at radius 2 is 1.87 bits per heavy atom. The number of hydrogen-bond donors (Lipinski definition) is 1. The van der Waals surface area contributed by atoms with Gasteiger partial charge in [-0.2, -0.15) is 0 Å².